The quantitative estimate of drug-likeness (QED) is 0.828. The van der Waals surface area contributed by atoms with E-state index in [1.165, 1.54) is 5.56 Å². The second kappa shape index (κ2) is 6.07. The van der Waals surface area contributed by atoms with Gasteiger partial charge in [0.2, 0.25) is 5.91 Å². The van der Waals surface area contributed by atoms with Crippen LogP contribution in [0.25, 0.3) is 0 Å². The van der Waals surface area contributed by atoms with Crippen LogP contribution < -0.4 is 10.2 Å². The number of nitrogens with zero attached hydrogens (tertiary/aromatic N) is 1. The van der Waals surface area contributed by atoms with Crippen LogP contribution in [0.3, 0.4) is 0 Å². The maximum atomic E-state index is 12.0. The molecule has 0 atom stereocenters. The molecule has 17 heavy (non-hydrogen) atoms. The highest BCUT2D eigenvalue weighted by molar-refractivity contribution is 7.99. The van der Waals surface area contributed by atoms with Crippen molar-refractivity contribution in [1.82, 2.24) is 5.32 Å². The van der Waals surface area contributed by atoms with E-state index < -0.39 is 0 Å². The first-order chi connectivity index (χ1) is 8.33. The van der Waals surface area contributed by atoms with E-state index in [9.17, 15) is 4.79 Å². The summed E-state index contributed by atoms with van der Waals surface area (Å²) in [5.41, 5.74) is 2.28. The first-order valence-electron chi connectivity index (χ1n) is 5.99. The van der Waals surface area contributed by atoms with Gasteiger partial charge in [-0.2, -0.15) is 11.8 Å². The summed E-state index contributed by atoms with van der Waals surface area (Å²) in [6.07, 6.45) is 0. The highest BCUT2D eigenvalue weighted by Gasteiger charge is 2.20. The van der Waals surface area contributed by atoms with Crippen LogP contribution >= 0.6 is 11.8 Å². The van der Waals surface area contributed by atoms with E-state index in [1.807, 2.05) is 34.9 Å². The number of carbonyl (C=O) groups is 1. The van der Waals surface area contributed by atoms with Gasteiger partial charge < -0.3 is 10.2 Å². The van der Waals surface area contributed by atoms with Gasteiger partial charge in [0.15, 0.2) is 0 Å². The van der Waals surface area contributed by atoms with Crippen molar-refractivity contribution < 1.29 is 4.79 Å². The summed E-state index contributed by atoms with van der Waals surface area (Å²) in [5, 5.41) is 3.18. The van der Waals surface area contributed by atoms with Gasteiger partial charge in [0, 0.05) is 24.5 Å². The van der Waals surface area contributed by atoms with Crippen LogP contribution in [0.5, 0.6) is 0 Å². The Hall–Kier alpha value is -1.00. The molecule has 1 aromatic carbocycles. The maximum Gasteiger partial charge on any atom is 0.240 e. The normalized spacial score (nSPS) is 15.6. The summed E-state index contributed by atoms with van der Waals surface area (Å²) in [4.78, 5) is 13.9. The van der Waals surface area contributed by atoms with Gasteiger partial charge in [0.25, 0.3) is 0 Å². The molecular weight excluding hydrogens is 232 g/mol. The third kappa shape index (κ3) is 3.01. The van der Waals surface area contributed by atoms with Gasteiger partial charge in [-0.25, -0.2) is 0 Å². The van der Waals surface area contributed by atoms with Crippen molar-refractivity contribution in [3.63, 3.8) is 0 Å². The molecule has 0 spiro atoms. The molecule has 2 rings (SSSR count). The van der Waals surface area contributed by atoms with Gasteiger partial charge in [-0.3, -0.25) is 4.79 Å². The number of amides is 1. The molecule has 1 amide bonds. The summed E-state index contributed by atoms with van der Waals surface area (Å²) >= 11 is 1.87. The Labute approximate surface area is 107 Å². The fourth-order valence-corrected chi connectivity index (χ4v) is 2.60. The first-order valence-corrected chi connectivity index (χ1v) is 7.15. The van der Waals surface area contributed by atoms with Crippen molar-refractivity contribution in [2.75, 3.05) is 29.5 Å². The Kier molecular flexibility index (Phi) is 4.45. The number of carbonyl (C=O) groups excluding carboxylic acids is 1. The van der Waals surface area contributed by atoms with E-state index in [0.717, 1.165) is 30.3 Å². The van der Waals surface area contributed by atoms with Gasteiger partial charge in [0.1, 0.15) is 0 Å². The van der Waals surface area contributed by atoms with Crippen molar-refractivity contribution in [1.29, 1.82) is 0 Å². The Bertz CT molecular complexity index is 395. The molecule has 4 heteroatoms. The highest BCUT2D eigenvalue weighted by Crippen LogP contribution is 2.22. The fourth-order valence-electron chi connectivity index (χ4n) is 2.00. The molecular formula is C13H18N2OS. The third-order valence-corrected chi connectivity index (χ3v) is 3.72. The lowest BCUT2D eigenvalue weighted by atomic mass is 10.1. The summed E-state index contributed by atoms with van der Waals surface area (Å²) in [5.74, 6) is 2.27. The number of fused-ring (bicyclic) bond motifs is 1. The topological polar surface area (TPSA) is 32.3 Å². The summed E-state index contributed by atoms with van der Waals surface area (Å²) in [6.45, 7) is 4.16. The zero-order valence-electron chi connectivity index (χ0n) is 10.1. The summed E-state index contributed by atoms with van der Waals surface area (Å²) in [7, 11) is 0. The number of benzene rings is 1. The molecule has 0 aliphatic carbocycles. The molecule has 1 aliphatic heterocycles. The average Bonchev–Trinajstić information content (AvgIpc) is 2.50. The second-order valence-electron chi connectivity index (χ2n) is 3.97. The largest absolute Gasteiger partial charge is 0.310 e. The Morgan fingerprint density at radius 1 is 1.35 bits per heavy atom. The van der Waals surface area contributed by atoms with Gasteiger partial charge in [0.05, 0.1) is 6.54 Å². The molecule has 0 saturated carbocycles. The lowest BCUT2D eigenvalue weighted by Crippen LogP contribution is -2.37. The minimum absolute atomic E-state index is 0.173. The molecule has 92 valence electrons. The zero-order chi connectivity index (χ0) is 12.1. The van der Waals surface area contributed by atoms with Crippen LogP contribution in [0.2, 0.25) is 0 Å². The predicted molar refractivity (Wildman–Crippen MR) is 73.5 cm³/mol. The van der Waals surface area contributed by atoms with Crippen LogP contribution in [0.1, 0.15) is 12.5 Å². The number of hydrogen-bond donors (Lipinski definition) is 1. The molecule has 1 heterocycles. The van der Waals surface area contributed by atoms with E-state index in [0.29, 0.717) is 6.54 Å². The standard InChI is InChI=1S/C13H18N2OS/c1-2-17-8-7-15-12-6-4-3-5-11(12)9-14-10-13(15)16/h3-6,14H,2,7-10H2,1H3. The highest BCUT2D eigenvalue weighted by atomic mass is 32.2. The smallest absolute Gasteiger partial charge is 0.240 e. The molecule has 0 radical (unpaired) electrons. The van der Waals surface area contributed by atoms with E-state index in [-0.39, 0.29) is 5.91 Å². The second-order valence-corrected chi connectivity index (χ2v) is 5.37. The van der Waals surface area contributed by atoms with E-state index in [1.54, 1.807) is 0 Å². The number of anilines is 1. The van der Waals surface area contributed by atoms with Gasteiger partial charge in [-0.05, 0) is 17.4 Å². The van der Waals surface area contributed by atoms with Crippen LogP contribution in [-0.2, 0) is 11.3 Å². The SMILES string of the molecule is CCSCCN1C(=O)CNCc2ccccc21. The van der Waals surface area contributed by atoms with Gasteiger partial charge in [-0.1, -0.05) is 25.1 Å². The van der Waals surface area contributed by atoms with Gasteiger partial charge in [-0.15, -0.1) is 0 Å². The van der Waals surface area contributed by atoms with Crippen molar-refractivity contribution in [3.05, 3.63) is 29.8 Å². The Morgan fingerprint density at radius 3 is 3.00 bits per heavy atom. The predicted octanol–water partition coefficient (Wildman–Crippen LogP) is 1.88. The van der Waals surface area contributed by atoms with Crippen molar-refractivity contribution >= 4 is 23.4 Å². The van der Waals surface area contributed by atoms with Crippen molar-refractivity contribution in [3.8, 4) is 0 Å². The molecule has 0 fully saturated rings. The average molecular weight is 250 g/mol. The molecule has 3 nitrogen and oxygen atoms in total. The van der Waals surface area contributed by atoms with Crippen molar-refractivity contribution in [2.24, 2.45) is 0 Å². The Balaban J connectivity index is 2.18. The summed E-state index contributed by atoms with van der Waals surface area (Å²) in [6, 6.07) is 8.14. The van der Waals surface area contributed by atoms with Crippen LogP contribution in [-0.4, -0.2) is 30.5 Å². The number of hydrogen-bond acceptors (Lipinski definition) is 3. The summed E-state index contributed by atoms with van der Waals surface area (Å²) < 4.78 is 0. The lowest BCUT2D eigenvalue weighted by molar-refractivity contribution is -0.117. The van der Waals surface area contributed by atoms with E-state index in [2.05, 4.69) is 18.3 Å². The Morgan fingerprint density at radius 2 is 2.18 bits per heavy atom. The van der Waals surface area contributed by atoms with E-state index in [4.69, 9.17) is 0 Å². The van der Waals surface area contributed by atoms with Gasteiger partial charge >= 0.3 is 0 Å². The monoisotopic (exact) mass is 250 g/mol. The number of rotatable bonds is 4. The maximum absolute atomic E-state index is 12.0. The molecule has 1 N–H and O–H groups in total. The minimum atomic E-state index is 0.173. The van der Waals surface area contributed by atoms with Crippen LogP contribution in [0.15, 0.2) is 24.3 Å². The first kappa shape index (κ1) is 12.5. The molecule has 1 aliphatic rings. The molecule has 1 aromatic rings. The van der Waals surface area contributed by atoms with Crippen molar-refractivity contribution in [2.45, 2.75) is 13.5 Å². The zero-order valence-corrected chi connectivity index (χ0v) is 10.9. The van der Waals surface area contributed by atoms with E-state index >= 15 is 0 Å². The number of nitrogens with one attached hydrogen (secondary N) is 1. The molecule has 0 saturated heterocycles. The molecule has 0 aromatic heterocycles. The number of thioether (sulfide) groups is 1. The lowest BCUT2D eigenvalue weighted by Gasteiger charge is -2.22. The number of para-hydroxylation sites is 1. The fraction of sp³-hybridized carbons (Fsp3) is 0.462. The minimum Gasteiger partial charge on any atom is -0.310 e. The van der Waals surface area contributed by atoms with Crippen LogP contribution in [0.4, 0.5) is 5.69 Å². The molecule has 0 bridgehead atoms. The van der Waals surface area contributed by atoms with Crippen LogP contribution in [0, 0.1) is 0 Å². The molecule has 0 unspecified atom stereocenters. The third-order valence-electron chi connectivity index (χ3n) is 2.84.